The van der Waals surface area contributed by atoms with Crippen molar-refractivity contribution in [3.8, 4) is 0 Å². The van der Waals surface area contributed by atoms with Crippen LogP contribution in [0.3, 0.4) is 0 Å². The van der Waals surface area contributed by atoms with Gasteiger partial charge in [0.15, 0.2) is 0 Å². The van der Waals surface area contributed by atoms with Crippen LogP contribution >= 0.6 is 0 Å². The van der Waals surface area contributed by atoms with Crippen LogP contribution in [0.1, 0.15) is 26.7 Å². The fourth-order valence-electron chi connectivity index (χ4n) is 1.40. The zero-order valence-electron chi connectivity index (χ0n) is 7.59. The van der Waals surface area contributed by atoms with Gasteiger partial charge in [-0.3, -0.25) is 0 Å². The van der Waals surface area contributed by atoms with Gasteiger partial charge >= 0.3 is 84.6 Å². The van der Waals surface area contributed by atoms with Crippen LogP contribution in [0.4, 0.5) is 0 Å². The third kappa shape index (κ3) is 3.55. The molecule has 0 spiro atoms. The molecule has 1 rings (SSSR count). The average molecular weight is 286 g/mol. The molecule has 12 heavy (non-hydrogen) atoms. The summed E-state index contributed by atoms with van der Waals surface area (Å²) in [6, 6.07) is 1.02. The van der Waals surface area contributed by atoms with Crippen LogP contribution in [-0.4, -0.2) is 26.2 Å². The first-order chi connectivity index (χ1) is 5.72. The Morgan fingerprint density at radius 1 is 1.50 bits per heavy atom. The minimum atomic E-state index is -0.704. The maximum absolute atomic E-state index is 8.92. The van der Waals surface area contributed by atoms with E-state index in [2.05, 4.69) is 19.2 Å². The number of alkyl halides is 1. The van der Waals surface area contributed by atoms with Gasteiger partial charge in [-0.25, -0.2) is 0 Å². The topological polar surface area (TPSA) is 41.5 Å². The Hall–Kier alpha value is 0.610. The predicted molar refractivity (Wildman–Crippen MR) is 43.3 cm³/mol. The number of hydrogen-bond acceptors (Lipinski definition) is 3. The molecule has 0 bridgehead atoms. The number of rotatable bonds is 3. The normalized spacial score (nSPS) is 31.3. The molecule has 0 radical (unpaired) electrons. The van der Waals surface area contributed by atoms with Crippen molar-refractivity contribution in [1.82, 2.24) is 5.32 Å². The first kappa shape index (κ1) is 10.7. The summed E-state index contributed by atoms with van der Waals surface area (Å²) in [5.74, 6) is 0. The van der Waals surface area contributed by atoms with Gasteiger partial charge in [0, 0.05) is 0 Å². The van der Waals surface area contributed by atoms with Crippen molar-refractivity contribution >= 4 is 0 Å². The Morgan fingerprint density at radius 3 is 2.67 bits per heavy atom. The summed E-state index contributed by atoms with van der Waals surface area (Å²) in [7, 11) is 0. The molecule has 2 N–H and O–H groups in total. The molecule has 0 aromatic rings. The fourth-order valence-corrected chi connectivity index (χ4v) is 2.41. The Balaban J connectivity index is 2.17. The third-order valence-electron chi connectivity index (χ3n) is 1.90. The van der Waals surface area contributed by atoms with E-state index in [0.29, 0.717) is 12.1 Å². The van der Waals surface area contributed by atoms with Gasteiger partial charge in [-0.1, -0.05) is 0 Å². The van der Waals surface area contributed by atoms with Crippen LogP contribution < -0.4 is 26.9 Å². The van der Waals surface area contributed by atoms with E-state index in [-0.39, 0.29) is 4.11 Å². The summed E-state index contributed by atoms with van der Waals surface area (Å²) >= 11 is -0.704. The summed E-state index contributed by atoms with van der Waals surface area (Å²) in [6.07, 6.45) is 2.16. The van der Waals surface area contributed by atoms with E-state index in [1.54, 1.807) is 0 Å². The molecule has 1 heterocycles. The zero-order valence-corrected chi connectivity index (χ0v) is 9.74. The van der Waals surface area contributed by atoms with E-state index < -0.39 is 21.6 Å². The average Bonchev–Trinajstić information content (AvgIpc) is 2.05. The van der Waals surface area contributed by atoms with Gasteiger partial charge in [0.25, 0.3) is 0 Å². The maximum atomic E-state index is 8.92. The molecule has 1 aliphatic rings. The number of halogens is 1. The summed E-state index contributed by atoms with van der Waals surface area (Å²) < 4.78 is 14.6. The number of nitrogens with one attached hydrogen (secondary N) is 1. The van der Waals surface area contributed by atoms with Gasteiger partial charge in [0.05, 0.1) is 0 Å². The first-order valence-electron chi connectivity index (χ1n) is 4.37. The Bertz CT molecular complexity index is 124. The van der Waals surface area contributed by atoms with E-state index in [9.17, 15) is 0 Å². The molecule has 4 heteroatoms. The molecule has 0 unspecified atom stereocenters. The first-order valence-corrected chi connectivity index (χ1v) is 6.58. The molecular weight excluding hydrogens is 269 g/mol. The summed E-state index contributed by atoms with van der Waals surface area (Å²) in [5, 5.41) is 3.43. The standard InChI is InChI=1S/C8H17INO2/c1-6(2)10-7-3-4-8(9-11)12-5-7/h6-8,10-11H,3-5H2,1-2H3/q-1/t7-,8+/m0/s1. The second-order valence-corrected chi connectivity index (χ2v) is 5.38. The van der Waals surface area contributed by atoms with Crippen molar-refractivity contribution in [3.05, 3.63) is 0 Å². The Labute approximate surface area is 84.7 Å². The molecular formula is C8H17INO2-. The quantitative estimate of drug-likeness (QED) is 0.445. The van der Waals surface area contributed by atoms with E-state index in [1.165, 1.54) is 0 Å². The van der Waals surface area contributed by atoms with Crippen LogP contribution in [0, 0.1) is 0 Å². The van der Waals surface area contributed by atoms with Gasteiger partial charge in [-0.2, -0.15) is 0 Å². The van der Waals surface area contributed by atoms with E-state index in [4.69, 9.17) is 8.17 Å². The number of hydrogen-bond donors (Lipinski definition) is 2. The van der Waals surface area contributed by atoms with Crippen molar-refractivity contribution in [3.63, 3.8) is 0 Å². The molecule has 0 aromatic heterocycles. The van der Waals surface area contributed by atoms with Gasteiger partial charge < -0.3 is 0 Å². The Morgan fingerprint density at radius 2 is 2.25 bits per heavy atom. The van der Waals surface area contributed by atoms with Gasteiger partial charge in [-0.15, -0.1) is 0 Å². The van der Waals surface area contributed by atoms with Crippen molar-refractivity contribution < 1.29 is 29.8 Å². The van der Waals surface area contributed by atoms with Crippen LogP contribution in [0.5, 0.6) is 0 Å². The molecule has 74 valence electrons. The van der Waals surface area contributed by atoms with Gasteiger partial charge in [-0.05, 0) is 0 Å². The molecule has 0 aromatic carbocycles. The monoisotopic (exact) mass is 286 g/mol. The van der Waals surface area contributed by atoms with Crippen molar-refractivity contribution in [2.24, 2.45) is 0 Å². The summed E-state index contributed by atoms with van der Waals surface area (Å²) in [4.78, 5) is 0. The zero-order chi connectivity index (χ0) is 8.97. The van der Waals surface area contributed by atoms with Crippen LogP contribution in [0.2, 0.25) is 0 Å². The summed E-state index contributed by atoms with van der Waals surface area (Å²) in [6.45, 7) is 5.05. The predicted octanol–water partition coefficient (Wildman–Crippen LogP) is -2.51. The fraction of sp³-hybridized carbons (Fsp3) is 1.00. The van der Waals surface area contributed by atoms with Crippen LogP contribution in [-0.2, 0) is 4.74 Å². The summed E-state index contributed by atoms with van der Waals surface area (Å²) in [5.41, 5.74) is 0. The van der Waals surface area contributed by atoms with E-state index in [0.717, 1.165) is 19.4 Å². The Kier molecular flexibility index (Phi) is 4.78. The molecule has 0 amide bonds. The molecule has 0 saturated carbocycles. The molecule has 1 saturated heterocycles. The molecule has 1 aliphatic heterocycles. The molecule has 0 aliphatic carbocycles. The van der Waals surface area contributed by atoms with Crippen molar-refractivity contribution in [1.29, 1.82) is 0 Å². The van der Waals surface area contributed by atoms with Gasteiger partial charge in [0.2, 0.25) is 0 Å². The molecule has 2 atom stereocenters. The van der Waals surface area contributed by atoms with Crippen molar-refractivity contribution in [2.75, 3.05) is 6.61 Å². The second kappa shape index (κ2) is 5.36. The van der Waals surface area contributed by atoms with E-state index in [1.807, 2.05) is 0 Å². The van der Waals surface area contributed by atoms with Crippen LogP contribution in [0.15, 0.2) is 0 Å². The minimum absolute atomic E-state index is 0.189. The number of ether oxygens (including phenoxy) is 1. The van der Waals surface area contributed by atoms with Crippen molar-refractivity contribution in [2.45, 2.75) is 42.9 Å². The second-order valence-electron chi connectivity index (χ2n) is 3.44. The third-order valence-corrected chi connectivity index (χ3v) is 3.50. The van der Waals surface area contributed by atoms with Gasteiger partial charge in [0.1, 0.15) is 0 Å². The molecule has 3 nitrogen and oxygen atoms in total. The van der Waals surface area contributed by atoms with E-state index >= 15 is 0 Å². The molecule has 1 fully saturated rings. The van der Waals surface area contributed by atoms with Crippen LogP contribution in [0.25, 0.3) is 0 Å². The SMILES string of the molecule is CC(C)N[C@H]1CC[C@H]([I-]O)OC1.